The van der Waals surface area contributed by atoms with Crippen LogP contribution in [0.25, 0.3) is 11.3 Å². The Hall–Kier alpha value is -1.00. The summed E-state index contributed by atoms with van der Waals surface area (Å²) in [6.45, 7) is 2.09. The number of pyridine rings is 1. The highest BCUT2D eigenvalue weighted by molar-refractivity contribution is 7.73. The van der Waals surface area contributed by atoms with Crippen LogP contribution in [0.3, 0.4) is 0 Å². The molecule has 2 rings (SSSR count). The molecule has 0 aliphatic heterocycles. The first-order valence-electron chi connectivity index (χ1n) is 4.27. The highest BCUT2D eigenvalue weighted by Crippen LogP contribution is 2.27. The van der Waals surface area contributed by atoms with Gasteiger partial charge in [-0.2, -0.15) is 0 Å². The Labute approximate surface area is 91.9 Å². The van der Waals surface area contributed by atoms with E-state index >= 15 is 0 Å². The van der Waals surface area contributed by atoms with Crippen molar-refractivity contribution in [2.24, 2.45) is 7.05 Å². The van der Waals surface area contributed by atoms with E-state index in [1.807, 2.05) is 23.9 Å². The van der Waals surface area contributed by atoms with Gasteiger partial charge in [-0.1, -0.05) is 0 Å². The molecule has 0 spiro atoms. The van der Waals surface area contributed by atoms with Gasteiger partial charge in [0.15, 0.2) is 3.95 Å². The van der Waals surface area contributed by atoms with Gasteiger partial charge in [0.05, 0.1) is 5.69 Å². The number of rotatable bonds is 1. The topological polar surface area (TPSA) is 17.8 Å². The molecule has 0 N–H and O–H groups in total. The quantitative estimate of drug-likeness (QED) is 0.690. The molecule has 2 aromatic heterocycles. The van der Waals surface area contributed by atoms with Gasteiger partial charge in [0.1, 0.15) is 0 Å². The van der Waals surface area contributed by atoms with Gasteiger partial charge in [-0.15, -0.1) is 11.3 Å². The maximum Gasteiger partial charge on any atom is 0.161 e. The molecule has 2 heterocycles. The summed E-state index contributed by atoms with van der Waals surface area (Å²) < 4.78 is 2.94. The highest BCUT2D eigenvalue weighted by atomic mass is 32.1. The Kier molecular flexibility index (Phi) is 2.48. The van der Waals surface area contributed by atoms with Crippen LogP contribution in [0.2, 0.25) is 0 Å². The van der Waals surface area contributed by atoms with Gasteiger partial charge in [0.25, 0.3) is 0 Å². The van der Waals surface area contributed by atoms with Gasteiger partial charge in [-0.25, -0.2) is 0 Å². The summed E-state index contributed by atoms with van der Waals surface area (Å²) in [6.07, 6.45) is 3.64. The zero-order chi connectivity index (χ0) is 10.1. The lowest BCUT2D eigenvalue weighted by molar-refractivity contribution is 0.924. The number of aryl methyl sites for hydroxylation is 1. The van der Waals surface area contributed by atoms with Crippen molar-refractivity contribution in [3.63, 3.8) is 0 Å². The van der Waals surface area contributed by atoms with Crippen molar-refractivity contribution < 1.29 is 0 Å². The Bertz CT molecular complexity index is 497. The molecule has 0 aromatic carbocycles. The molecule has 0 saturated carbocycles. The standard InChI is InChI=1S/C10H10N2S2/c1-7-9(12(2)10(13)14-7)8-4-3-5-11-6-8/h3-6H,1-2H3. The Morgan fingerprint density at radius 2 is 2.29 bits per heavy atom. The number of hydrogen-bond donors (Lipinski definition) is 0. The predicted octanol–water partition coefficient (Wildman–Crippen LogP) is 3.19. The van der Waals surface area contributed by atoms with Crippen LogP contribution in [0.5, 0.6) is 0 Å². The summed E-state index contributed by atoms with van der Waals surface area (Å²) in [5.74, 6) is 0. The van der Waals surface area contributed by atoms with Crippen molar-refractivity contribution in [1.29, 1.82) is 0 Å². The van der Waals surface area contributed by atoms with Crippen molar-refractivity contribution in [2.75, 3.05) is 0 Å². The molecule has 0 unspecified atom stereocenters. The number of thiazole rings is 1. The van der Waals surface area contributed by atoms with Crippen molar-refractivity contribution in [2.45, 2.75) is 6.92 Å². The Morgan fingerprint density at radius 3 is 2.79 bits per heavy atom. The highest BCUT2D eigenvalue weighted by Gasteiger charge is 2.08. The van der Waals surface area contributed by atoms with Gasteiger partial charge >= 0.3 is 0 Å². The number of aromatic nitrogens is 2. The molecule has 0 radical (unpaired) electrons. The summed E-state index contributed by atoms with van der Waals surface area (Å²) in [5.41, 5.74) is 2.30. The first kappa shape index (κ1) is 9.55. The van der Waals surface area contributed by atoms with Crippen molar-refractivity contribution in [1.82, 2.24) is 9.55 Å². The fraction of sp³-hybridized carbons (Fsp3) is 0.200. The van der Waals surface area contributed by atoms with Gasteiger partial charge in [-0.3, -0.25) is 4.98 Å². The van der Waals surface area contributed by atoms with Gasteiger partial charge in [0.2, 0.25) is 0 Å². The molecule has 2 aromatic rings. The van der Waals surface area contributed by atoms with Crippen LogP contribution >= 0.6 is 23.6 Å². The third kappa shape index (κ3) is 1.51. The van der Waals surface area contributed by atoms with E-state index in [0.717, 1.165) is 9.52 Å². The van der Waals surface area contributed by atoms with Crippen molar-refractivity contribution >= 4 is 23.6 Å². The van der Waals surface area contributed by atoms with E-state index in [1.54, 1.807) is 17.5 Å². The second-order valence-corrected chi connectivity index (χ2v) is 4.92. The summed E-state index contributed by atoms with van der Waals surface area (Å²) in [7, 11) is 1.99. The van der Waals surface area contributed by atoms with Gasteiger partial charge in [-0.05, 0) is 31.3 Å². The first-order chi connectivity index (χ1) is 6.70. The minimum absolute atomic E-state index is 0.904. The van der Waals surface area contributed by atoms with E-state index in [-0.39, 0.29) is 0 Å². The Balaban J connectivity index is 2.69. The van der Waals surface area contributed by atoms with E-state index in [1.165, 1.54) is 10.6 Å². The summed E-state index contributed by atoms with van der Waals surface area (Å²) >= 11 is 6.86. The lowest BCUT2D eigenvalue weighted by Gasteiger charge is -2.02. The summed E-state index contributed by atoms with van der Waals surface area (Å²) in [6, 6.07) is 3.99. The van der Waals surface area contributed by atoms with Crippen molar-refractivity contribution in [3.05, 3.63) is 33.4 Å². The average molecular weight is 222 g/mol. The van der Waals surface area contributed by atoms with Crippen molar-refractivity contribution in [3.8, 4) is 11.3 Å². The van der Waals surface area contributed by atoms with Crippen LogP contribution in [0.15, 0.2) is 24.5 Å². The third-order valence-electron chi connectivity index (χ3n) is 2.12. The zero-order valence-corrected chi connectivity index (χ0v) is 9.65. The molecule has 14 heavy (non-hydrogen) atoms. The van der Waals surface area contributed by atoms with E-state index in [4.69, 9.17) is 12.2 Å². The molecule has 0 aliphatic carbocycles. The van der Waals surface area contributed by atoms with Crippen LogP contribution in [-0.2, 0) is 7.05 Å². The molecular weight excluding hydrogens is 212 g/mol. The normalized spacial score (nSPS) is 10.4. The van der Waals surface area contributed by atoms with Gasteiger partial charge in [0, 0.05) is 29.9 Å². The lowest BCUT2D eigenvalue weighted by atomic mass is 10.2. The van der Waals surface area contributed by atoms with E-state index in [0.29, 0.717) is 0 Å². The van der Waals surface area contributed by atoms with Gasteiger partial charge < -0.3 is 4.57 Å². The predicted molar refractivity (Wildman–Crippen MR) is 62.1 cm³/mol. The van der Waals surface area contributed by atoms with E-state index in [9.17, 15) is 0 Å². The number of hydrogen-bond acceptors (Lipinski definition) is 3. The minimum Gasteiger partial charge on any atom is -0.326 e. The molecule has 0 amide bonds. The molecular formula is C10H10N2S2. The zero-order valence-electron chi connectivity index (χ0n) is 8.02. The van der Waals surface area contributed by atoms with Crippen LogP contribution < -0.4 is 0 Å². The molecule has 0 fully saturated rings. The second-order valence-electron chi connectivity index (χ2n) is 3.07. The summed E-state index contributed by atoms with van der Waals surface area (Å²) in [4.78, 5) is 5.35. The fourth-order valence-corrected chi connectivity index (χ4v) is 2.78. The smallest absolute Gasteiger partial charge is 0.161 e. The van der Waals surface area contributed by atoms with Crippen LogP contribution in [0.4, 0.5) is 0 Å². The molecule has 0 saturated heterocycles. The monoisotopic (exact) mass is 222 g/mol. The van der Waals surface area contributed by atoms with Crippen LogP contribution in [0, 0.1) is 10.9 Å². The number of nitrogens with zero attached hydrogens (tertiary/aromatic N) is 2. The fourth-order valence-electron chi connectivity index (χ4n) is 1.47. The maximum absolute atomic E-state index is 5.22. The third-order valence-corrected chi connectivity index (χ3v) is 3.59. The minimum atomic E-state index is 0.904. The first-order valence-corrected chi connectivity index (χ1v) is 5.49. The maximum atomic E-state index is 5.22. The largest absolute Gasteiger partial charge is 0.326 e. The molecule has 72 valence electrons. The van der Waals surface area contributed by atoms with E-state index in [2.05, 4.69) is 18.0 Å². The molecule has 0 bridgehead atoms. The lowest BCUT2D eigenvalue weighted by Crippen LogP contribution is -1.92. The average Bonchev–Trinajstić information content (AvgIpc) is 2.43. The van der Waals surface area contributed by atoms with E-state index < -0.39 is 0 Å². The second kappa shape index (κ2) is 3.63. The summed E-state index contributed by atoms with van der Waals surface area (Å²) in [5, 5.41) is 0. The SMILES string of the molecule is Cc1sc(=S)n(C)c1-c1cccnc1. The van der Waals surface area contributed by atoms with Crippen LogP contribution in [-0.4, -0.2) is 9.55 Å². The molecule has 0 atom stereocenters. The molecule has 2 nitrogen and oxygen atoms in total. The molecule has 0 aliphatic rings. The Morgan fingerprint density at radius 1 is 1.50 bits per heavy atom. The van der Waals surface area contributed by atoms with Crippen LogP contribution in [0.1, 0.15) is 4.88 Å². The molecule has 4 heteroatoms.